The molecule has 3 heteroatoms. The number of halogens is 1. The van der Waals surface area contributed by atoms with Gasteiger partial charge in [0, 0.05) is 9.35 Å². The van der Waals surface area contributed by atoms with Crippen molar-refractivity contribution in [3.63, 3.8) is 0 Å². The molecule has 0 spiro atoms. The van der Waals surface area contributed by atoms with E-state index >= 15 is 0 Å². The molecule has 1 unspecified atom stereocenters. The largest absolute Gasteiger partial charge is 0.316 e. The third-order valence-corrected chi connectivity index (χ3v) is 5.24. The van der Waals surface area contributed by atoms with Gasteiger partial charge in [-0.3, -0.25) is 0 Å². The highest BCUT2D eigenvalue weighted by atomic mass is 79.9. The maximum absolute atomic E-state index is 3.64. The minimum atomic E-state index is 0.341. The molecule has 0 saturated carbocycles. The van der Waals surface area contributed by atoms with E-state index in [1.807, 2.05) is 11.3 Å². The number of hydrogen-bond donors (Lipinski definition) is 1. The molecule has 0 aliphatic rings. The molecule has 104 valence electrons. The average molecular weight is 332 g/mol. The maximum Gasteiger partial charge on any atom is 0.0314 e. The van der Waals surface area contributed by atoms with E-state index in [2.05, 4.69) is 67.3 Å². The summed E-state index contributed by atoms with van der Waals surface area (Å²) in [5.74, 6) is 1.39. The van der Waals surface area contributed by atoms with Crippen LogP contribution in [0.15, 0.2) is 15.9 Å². The zero-order chi connectivity index (χ0) is 13.8. The molecule has 1 atom stereocenters. The van der Waals surface area contributed by atoms with Gasteiger partial charge in [-0.1, -0.05) is 34.6 Å². The first-order valence-electron chi connectivity index (χ1n) is 6.73. The fourth-order valence-corrected chi connectivity index (χ4v) is 3.52. The molecule has 1 heterocycles. The van der Waals surface area contributed by atoms with Crippen molar-refractivity contribution in [2.24, 2.45) is 17.3 Å². The molecule has 1 aromatic heterocycles. The molecule has 0 bridgehead atoms. The van der Waals surface area contributed by atoms with Crippen LogP contribution in [0.25, 0.3) is 0 Å². The standard InChI is InChI=1S/C15H26BrNS/c1-11(2)9-17-10-12(15(3,4)5)8-14-13(16)6-7-18-14/h6-7,11-12,17H,8-10H2,1-5H3. The van der Waals surface area contributed by atoms with Gasteiger partial charge in [0.2, 0.25) is 0 Å². The molecule has 1 N–H and O–H groups in total. The van der Waals surface area contributed by atoms with Gasteiger partial charge in [-0.05, 0) is 64.1 Å². The Hall–Kier alpha value is 0.140. The average Bonchev–Trinajstić information content (AvgIpc) is 2.61. The van der Waals surface area contributed by atoms with E-state index in [1.165, 1.54) is 9.35 Å². The van der Waals surface area contributed by atoms with E-state index in [1.54, 1.807) is 0 Å². The number of hydrogen-bond acceptors (Lipinski definition) is 2. The van der Waals surface area contributed by atoms with Crippen molar-refractivity contribution in [1.29, 1.82) is 0 Å². The van der Waals surface area contributed by atoms with Crippen LogP contribution in [0.4, 0.5) is 0 Å². The monoisotopic (exact) mass is 331 g/mol. The van der Waals surface area contributed by atoms with E-state index < -0.39 is 0 Å². The van der Waals surface area contributed by atoms with E-state index in [4.69, 9.17) is 0 Å². The first-order valence-corrected chi connectivity index (χ1v) is 8.40. The Labute approximate surface area is 125 Å². The first kappa shape index (κ1) is 16.2. The third-order valence-electron chi connectivity index (χ3n) is 3.29. The Morgan fingerprint density at radius 1 is 1.28 bits per heavy atom. The number of nitrogens with one attached hydrogen (secondary N) is 1. The Kier molecular flexibility index (Phi) is 6.36. The maximum atomic E-state index is 3.64. The van der Waals surface area contributed by atoms with Gasteiger partial charge >= 0.3 is 0 Å². The van der Waals surface area contributed by atoms with Gasteiger partial charge in [0.1, 0.15) is 0 Å². The molecule has 0 aromatic carbocycles. The van der Waals surface area contributed by atoms with Crippen molar-refractivity contribution in [3.8, 4) is 0 Å². The lowest BCUT2D eigenvalue weighted by molar-refractivity contribution is 0.229. The van der Waals surface area contributed by atoms with Crippen LogP contribution >= 0.6 is 27.3 Å². The zero-order valence-corrected chi connectivity index (χ0v) is 14.6. The summed E-state index contributed by atoms with van der Waals surface area (Å²) in [5.41, 5.74) is 0.341. The summed E-state index contributed by atoms with van der Waals surface area (Å²) in [6.07, 6.45) is 1.16. The molecule has 1 rings (SSSR count). The summed E-state index contributed by atoms with van der Waals surface area (Å²) in [4.78, 5) is 1.47. The van der Waals surface area contributed by atoms with Crippen LogP contribution in [0, 0.1) is 17.3 Å². The van der Waals surface area contributed by atoms with Crippen molar-refractivity contribution in [3.05, 3.63) is 20.8 Å². The van der Waals surface area contributed by atoms with E-state index in [-0.39, 0.29) is 0 Å². The number of thiophene rings is 1. The van der Waals surface area contributed by atoms with Gasteiger partial charge in [-0.2, -0.15) is 0 Å². The lowest BCUT2D eigenvalue weighted by atomic mass is 9.78. The van der Waals surface area contributed by atoms with E-state index in [0.29, 0.717) is 11.3 Å². The molecule has 0 radical (unpaired) electrons. The van der Waals surface area contributed by atoms with E-state index in [9.17, 15) is 0 Å². The van der Waals surface area contributed by atoms with Crippen molar-refractivity contribution in [2.75, 3.05) is 13.1 Å². The van der Waals surface area contributed by atoms with Crippen LogP contribution in [0.1, 0.15) is 39.5 Å². The van der Waals surface area contributed by atoms with Gasteiger partial charge in [0.15, 0.2) is 0 Å². The zero-order valence-electron chi connectivity index (χ0n) is 12.2. The lowest BCUT2D eigenvalue weighted by Crippen LogP contribution is -2.34. The van der Waals surface area contributed by atoms with Crippen LogP contribution in [0.2, 0.25) is 0 Å². The predicted octanol–water partition coefficient (Wildman–Crippen LogP) is 4.96. The minimum Gasteiger partial charge on any atom is -0.316 e. The first-order chi connectivity index (χ1) is 8.30. The lowest BCUT2D eigenvalue weighted by Gasteiger charge is -2.31. The highest BCUT2D eigenvalue weighted by Crippen LogP contribution is 2.33. The highest BCUT2D eigenvalue weighted by Gasteiger charge is 2.25. The fraction of sp³-hybridized carbons (Fsp3) is 0.733. The molecule has 1 aromatic rings. The van der Waals surface area contributed by atoms with Gasteiger partial charge < -0.3 is 5.32 Å². The van der Waals surface area contributed by atoms with Gasteiger partial charge in [0.05, 0.1) is 0 Å². The highest BCUT2D eigenvalue weighted by molar-refractivity contribution is 9.10. The van der Waals surface area contributed by atoms with Crippen LogP contribution in [0.3, 0.4) is 0 Å². The Balaban J connectivity index is 2.59. The summed E-state index contributed by atoms with van der Waals surface area (Å²) < 4.78 is 1.27. The summed E-state index contributed by atoms with van der Waals surface area (Å²) >= 11 is 5.50. The molecular weight excluding hydrogens is 306 g/mol. The quantitative estimate of drug-likeness (QED) is 0.776. The summed E-state index contributed by atoms with van der Waals surface area (Å²) in [7, 11) is 0. The second-order valence-electron chi connectivity index (χ2n) is 6.51. The summed E-state index contributed by atoms with van der Waals surface area (Å²) in [6.45, 7) is 13.8. The van der Waals surface area contributed by atoms with Gasteiger partial charge in [-0.15, -0.1) is 11.3 Å². The molecule has 0 fully saturated rings. The van der Waals surface area contributed by atoms with Gasteiger partial charge in [0.25, 0.3) is 0 Å². The van der Waals surface area contributed by atoms with Crippen LogP contribution in [0.5, 0.6) is 0 Å². The van der Waals surface area contributed by atoms with Crippen LogP contribution in [-0.4, -0.2) is 13.1 Å². The fourth-order valence-electron chi connectivity index (χ4n) is 1.93. The van der Waals surface area contributed by atoms with Crippen LogP contribution in [-0.2, 0) is 6.42 Å². The minimum absolute atomic E-state index is 0.341. The van der Waals surface area contributed by atoms with Gasteiger partial charge in [-0.25, -0.2) is 0 Å². The second kappa shape index (κ2) is 7.06. The van der Waals surface area contributed by atoms with Crippen molar-refractivity contribution >= 4 is 27.3 Å². The molecule has 0 saturated heterocycles. The van der Waals surface area contributed by atoms with E-state index in [0.717, 1.165) is 25.4 Å². The Morgan fingerprint density at radius 2 is 1.94 bits per heavy atom. The SMILES string of the molecule is CC(C)CNCC(Cc1sccc1Br)C(C)(C)C. The molecule has 0 aliphatic carbocycles. The topological polar surface area (TPSA) is 12.0 Å². The Bertz CT molecular complexity index is 352. The summed E-state index contributed by atoms with van der Waals surface area (Å²) in [5, 5.41) is 5.78. The van der Waals surface area contributed by atoms with Crippen LogP contribution < -0.4 is 5.32 Å². The third kappa shape index (κ3) is 5.41. The molecule has 0 amide bonds. The molecule has 1 nitrogen and oxygen atoms in total. The Morgan fingerprint density at radius 3 is 2.39 bits per heavy atom. The second-order valence-corrected chi connectivity index (χ2v) is 8.37. The normalized spacial score (nSPS) is 14.2. The molecule has 18 heavy (non-hydrogen) atoms. The van der Waals surface area contributed by atoms with Crippen molar-refractivity contribution in [1.82, 2.24) is 5.32 Å². The predicted molar refractivity (Wildman–Crippen MR) is 86.4 cm³/mol. The molecular formula is C15H26BrNS. The molecule has 0 aliphatic heterocycles. The smallest absolute Gasteiger partial charge is 0.0314 e. The van der Waals surface area contributed by atoms with Crippen molar-refractivity contribution in [2.45, 2.75) is 41.0 Å². The van der Waals surface area contributed by atoms with Crippen molar-refractivity contribution < 1.29 is 0 Å². The number of rotatable bonds is 6. The summed E-state index contributed by atoms with van der Waals surface area (Å²) in [6, 6.07) is 2.15.